The molecule has 0 spiro atoms. The van der Waals surface area contributed by atoms with E-state index in [1.54, 1.807) is 0 Å². The third kappa shape index (κ3) is 30.0. The minimum atomic E-state index is 0. The molecule has 2 unspecified atom stereocenters. The van der Waals surface area contributed by atoms with E-state index in [4.69, 9.17) is 0 Å². The van der Waals surface area contributed by atoms with E-state index < -0.39 is 0 Å². The summed E-state index contributed by atoms with van der Waals surface area (Å²) in [6.45, 7) is 14.7. The van der Waals surface area contributed by atoms with Crippen LogP contribution in [0, 0.1) is 11.8 Å². The Morgan fingerprint density at radius 1 is 0.655 bits per heavy atom. The van der Waals surface area contributed by atoms with Gasteiger partial charge >= 0.3 is 0 Å². The summed E-state index contributed by atoms with van der Waals surface area (Å²) in [6, 6.07) is 0. The summed E-state index contributed by atoms with van der Waals surface area (Å²) in [7, 11) is 0. The Hall–Kier alpha value is -0.260. The molecule has 1 aliphatic carbocycles. The van der Waals surface area contributed by atoms with Crippen molar-refractivity contribution in [3.8, 4) is 0 Å². The molecule has 0 radical (unpaired) electrons. The lowest BCUT2D eigenvalue weighted by Crippen LogP contribution is -1.83. The molecule has 1 saturated carbocycles. The zero-order valence-corrected chi connectivity index (χ0v) is 20.9. The smallest absolute Gasteiger partial charge is 0.0353 e. The molecule has 0 aromatic rings. The highest BCUT2D eigenvalue weighted by Gasteiger charge is 2.31. The fraction of sp³-hybridized carbons (Fsp3) is 0.931. The largest absolute Gasteiger partial charge is 0.103 e. The van der Waals surface area contributed by atoms with E-state index in [9.17, 15) is 0 Å². The molecule has 1 rings (SSSR count). The lowest BCUT2D eigenvalue weighted by molar-refractivity contribution is 0.542. The van der Waals surface area contributed by atoms with Crippen molar-refractivity contribution in [2.24, 2.45) is 11.8 Å². The summed E-state index contributed by atoms with van der Waals surface area (Å²) in [5, 5.41) is 0. The summed E-state index contributed by atoms with van der Waals surface area (Å²) in [5.41, 5.74) is 0. The molecular formula is C29H62. The van der Waals surface area contributed by atoms with Gasteiger partial charge in [-0.05, 0) is 31.1 Å². The Balaban J connectivity index is -0.000000421. The van der Waals surface area contributed by atoms with Crippen LogP contribution in [0.5, 0.6) is 0 Å². The van der Waals surface area contributed by atoms with Crippen LogP contribution in [0.25, 0.3) is 0 Å². The van der Waals surface area contributed by atoms with E-state index in [1.165, 1.54) is 122 Å². The molecule has 0 amide bonds. The second-order valence-electron chi connectivity index (χ2n) is 8.79. The van der Waals surface area contributed by atoms with Gasteiger partial charge in [-0.2, -0.15) is 0 Å². The van der Waals surface area contributed by atoms with Crippen molar-refractivity contribution in [2.45, 2.75) is 164 Å². The van der Waals surface area contributed by atoms with E-state index in [1.807, 2.05) is 19.9 Å². The zero-order chi connectivity index (χ0) is 21.3. The topological polar surface area (TPSA) is 0 Å². The van der Waals surface area contributed by atoms with Crippen molar-refractivity contribution in [1.82, 2.24) is 0 Å². The van der Waals surface area contributed by atoms with E-state index in [0.717, 1.165) is 11.8 Å². The molecule has 0 N–H and O–H groups in total. The molecule has 0 nitrogen and oxygen atoms in total. The third-order valence-electron chi connectivity index (χ3n) is 5.97. The van der Waals surface area contributed by atoms with Gasteiger partial charge in [0.25, 0.3) is 0 Å². The van der Waals surface area contributed by atoms with Crippen molar-refractivity contribution >= 4 is 0 Å². The van der Waals surface area contributed by atoms with Crippen LogP contribution in [-0.4, -0.2) is 0 Å². The third-order valence-corrected chi connectivity index (χ3v) is 5.97. The average Bonchev–Trinajstić information content (AvgIpc) is 3.43. The average molecular weight is 411 g/mol. The zero-order valence-electron chi connectivity index (χ0n) is 20.9. The molecular weight excluding hydrogens is 348 g/mol. The van der Waals surface area contributed by atoms with Gasteiger partial charge in [-0.3, -0.25) is 0 Å². The van der Waals surface area contributed by atoms with Crippen LogP contribution in [0.4, 0.5) is 0 Å². The van der Waals surface area contributed by atoms with E-state index in [-0.39, 0.29) is 7.43 Å². The maximum Gasteiger partial charge on any atom is -0.0353 e. The van der Waals surface area contributed by atoms with Crippen LogP contribution in [-0.2, 0) is 0 Å². The van der Waals surface area contributed by atoms with Crippen LogP contribution in [0.1, 0.15) is 164 Å². The van der Waals surface area contributed by atoms with Crippen LogP contribution in [0.15, 0.2) is 12.7 Å². The number of allylic oxidation sites excluding steroid dienone is 1. The molecule has 29 heavy (non-hydrogen) atoms. The van der Waals surface area contributed by atoms with Crippen molar-refractivity contribution in [2.75, 3.05) is 0 Å². The fourth-order valence-electron chi connectivity index (χ4n) is 3.76. The van der Waals surface area contributed by atoms with Gasteiger partial charge in [-0.1, -0.05) is 151 Å². The maximum atomic E-state index is 3.72. The molecule has 0 aromatic heterocycles. The predicted molar refractivity (Wildman–Crippen MR) is 140 cm³/mol. The van der Waals surface area contributed by atoms with Gasteiger partial charge in [-0.15, -0.1) is 6.58 Å². The lowest BCUT2D eigenvalue weighted by atomic mass is 10.1. The van der Waals surface area contributed by atoms with Crippen LogP contribution >= 0.6 is 0 Å². The first-order chi connectivity index (χ1) is 13.8. The summed E-state index contributed by atoms with van der Waals surface area (Å²) in [5.74, 6) is 2.19. The first-order valence-corrected chi connectivity index (χ1v) is 13.4. The predicted octanol–water partition coefficient (Wildman–Crippen LogP) is 11.5. The second kappa shape index (κ2) is 29.9. The van der Waals surface area contributed by atoms with Gasteiger partial charge in [0.15, 0.2) is 0 Å². The molecule has 0 bridgehead atoms. The standard InChI is InChI=1S/C14H28.C12H24.C2H6.CH4/c1-3-4-5-6-7-8-9-10-11-14-12-13(14)2;1-3-5-7-9-11-12-10-8-6-4-2;1-2;/h13-14H,3-12H2,1-2H3;3H,1,4-12H2,2H3;1-2H3;1H4. The van der Waals surface area contributed by atoms with Gasteiger partial charge in [0, 0.05) is 0 Å². The Morgan fingerprint density at radius 3 is 1.34 bits per heavy atom. The fourth-order valence-corrected chi connectivity index (χ4v) is 3.76. The molecule has 0 aromatic carbocycles. The van der Waals surface area contributed by atoms with Crippen molar-refractivity contribution < 1.29 is 0 Å². The molecule has 0 aliphatic heterocycles. The highest BCUT2D eigenvalue weighted by molar-refractivity contribution is 4.81. The summed E-state index contributed by atoms with van der Waals surface area (Å²) in [6.07, 6.45) is 29.3. The van der Waals surface area contributed by atoms with Crippen LogP contribution < -0.4 is 0 Å². The van der Waals surface area contributed by atoms with Gasteiger partial charge in [0.05, 0.1) is 0 Å². The minimum Gasteiger partial charge on any atom is -0.103 e. The van der Waals surface area contributed by atoms with Gasteiger partial charge in [-0.25, -0.2) is 0 Å². The summed E-state index contributed by atoms with van der Waals surface area (Å²) >= 11 is 0. The van der Waals surface area contributed by atoms with E-state index in [0.29, 0.717) is 0 Å². The molecule has 1 fully saturated rings. The number of hydrogen-bond donors (Lipinski definition) is 0. The van der Waals surface area contributed by atoms with E-state index in [2.05, 4.69) is 27.4 Å². The quantitative estimate of drug-likeness (QED) is 0.156. The molecule has 1 aliphatic rings. The van der Waals surface area contributed by atoms with Gasteiger partial charge < -0.3 is 0 Å². The Bertz CT molecular complexity index is 267. The normalized spacial score (nSPS) is 16.6. The Labute approximate surface area is 188 Å². The Morgan fingerprint density at radius 2 is 1.00 bits per heavy atom. The highest BCUT2D eigenvalue weighted by atomic mass is 14.4. The SMILES string of the molecule is C.C=CCCCCCCCCCC.CC.CCCCCCCCCCC1CC1C. The first-order valence-electron chi connectivity index (χ1n) is 13.4. The minimum absolute atomic E-state index is 0. The van der Waals surface area contributed by atoms with Crippen LogP contribution in [0.2, 0.25) is 0 Å². The van der Waals surface area contributed by atoms with Crippen molar-refractivity contribution in [3.63, 3.8) is 0 Å². The van der Waals surface area contributed by atoms with Crippen molar-refractivity contribution in [1.29, 1.82) is 0 Å². The lowest BCUT2D eigenvalue weighted by Gasteiger charge is -2.01. The monoisotopic (exact) mass is 410 g/mol. The molecule has 0 heteroatoms. The Kier molecular flexibility index (Phi) is 34.5. The van der Waals surface area contributed by atoms with Crippen LogP contribution in [0.3, 0.4) is 0 Å². The van der Waals surface area contributed by atoms with Gasteiger partial charge in [0.2, 0.25) is 0 Å². The summed E-state index contributed by atoms with van der Waals surface area (Å²) in [4.78, 5) is 0. The molecule has 2 atom stereocenters. The number of rotatable bonds is 18. The number of hydrogen-bond acceptors (Lipinski definition) is 0. The van der Waals surface area contributed by atoms with E-state index >= 15 is 0 Å². The summed E-state index contributed by atoms with van der Waals surface area (Å²) < 4.78 is 0. The number of unbranched alkanes of at least 4 members (excludes halogenated alkanes) is 15. The molecule has 0 saturated heterocycles. The highest BCUT2D eigenvalue weighted by Crippen LogP contribution is 2.41. The molecule has 178 valence electrons. The maximum absolute atomic E-state index is 3.72. The first kappa shape index (κ1) is 33.4. The van der Waals surface area contributed by atoms with Crippen molar-refractivity contribution in [3.05, 3.63) is 12.7 Å². The second-order valence-corrected chi connectivity index (χ2v) is 8.79. The van der Waals surface area contributed by atoms with Gasteiger partial charge in [0.1, 0.15) is 0 Å². The molecule has 0 heterocycles.